The zero-order valence-electron chi connectivity index (χ0n) is 8.89. The van der Waals surface area contributed by atoms with Gasteiger partial charge in [0.1, 0.15) is 0 Å². The molecule has 0 spiro atoms. The molecule has 90 valence electrons. The van der Waals surface area contributed by atoms with Crippen molar-refractivity contribution in [1.82, 2.24) is 4.31 Å². The van der Waals surface area contributed by atoms with Crippen LogP contribution in [0.15, 0.2) is 0 Å². The van der Waals surface area contributed by atoms with Crippen LogP contribution in [0, 0.1) is 22.7 Å². The molecule has 16 heavy (non-hydrogen) atoms. The highest BCUT2D eigenvalue weighted by atomic mass is 35.5. The fourth-order valence-electron chi connectivity index (χ4n) is 1.11. The number of hydrogen-bond donors (Lipinski definition) is 0. The van der Waals surface area contributed by atoms with Gasteiger partial charge in [-0.1, -0.05) is 0 Å². The van der Waals surface area contributed by atoms with E-state index < -0.39 is 10.0 Å². The third kappa shape index (κ3) is 5.92. The molecule has 0 aromatic rings. The van der Waals surface area contributed by atoms with E-state index in [4.69, 9.17) is 22.1 Å². The highest BCUT2D eigenvalue weighted by Crippen LogP contribution is 2.06. The first-order chi connectivity index (χ1) is 7.58. The van der Waals surface area contributed by atoms with Crippen LogP contribution in [0.1, 0.15) is 19.3 Å². The van der Waals surface area contributed by atoms with Gasteiger partial charge in [0.05, 0.1) is 17.9 Å². The summed E-state index contributed by atoms with van der Waals surface area (Å²) < 4.78 is 24.7. The minimum atomic E-state index is -3.38. The average Bonchev–Trinajstić information content (AvgIpc) is 2.26. The first-order valence-electron chi connectivity index (χ1n) is 4.86. The molecule has 0 aromatic heterocycles. The molecule has 0 saturated carbocycles. The maximum absolute atomic E-state index is 11.7. The molecule has 0 N–H and O–H groups in total. The minimum Gasteiger partial charge on any atom is -0.212 e. The Hall–Kier alpha value is -0.820. The summed E-state index contributed by atoms with van der Waals surface area (Å²) in [6.45, 7) is 0.283. The van der Waals surface area contributed by atoms with Crippen LogP contribution in [0.25, 0.3) is 0 Å². The smallest absolute Gasteiger partial charge is 0.212 e. The largest absolute Gasteiger partial charge is 0.214 e. The van der Waals surface area contributed by atoms with Crippen molar-refractivity contribution in [3.63, 3.8) is 0 Å². The Bertz CT molecular complexity index is 351. The van der Waals surface area contributed by atoms with Gasteiger partial charge >= 0.3 is 0 Å². The van der Waals surface area contributed by atoms with Gasteiger partial charge < -0.3 is 0 Å². The molecule has 0 rings (SSSR count). The second-order valence-electron chi connectivity index (χ2n) is 3.07. The van der Waals surface area contributed by atoms with E-state index >= 15 is 0 Å². The lowest BCUT2D eigenvalue weighted by Gasteiger charge is -2.19. The van der Waals surface area contributed by atoms with E-state index in [1.54, 1.807) is 0 Å². The molecule has 0 radical (unpaired) electrons. The lowest BCUT2D eigenvalue weighted by Crippen LogP contribution is -2.34. The molecule has 0 aromatic carbocycles. The van der Waals surface area contributed by atoms with Crippen molar-refractivity contribution in [2.45, 2.75) is 19.3 Å². The number of nitrogens with zero attached hydrogens (tertiary/aromatic N) is 3. The zero-order valence-corrected chi connectivity index (χ0v) is 10.5. The molecule has 5 nitrogen and oxygen atoms in total. The molecule has 0 fully saturated rings. The number of hydrogen-bond acceptors (Lipinski definition) is 4. The van der Waals surface area contributed by atoms with E-state index in [0.717, 1.165) is 0 Å². The Morgan fingerprint density at radius 2 is 1.62 bits per heavy atom. The molecule has 0 unspecified atom stereocenters. The second-order valence-corrected chi connectivity index (χ2v) is 5.54. The van der Waals surface area contributed by atoms with Gasteiger partial charge in [-0.3, -0.25) is 0 Å². The molecule has 0 aliphatic rings. The minimum absolute atomic E-state index is 0.0344. The lowest BCUT2D eigenvalue weighted by molar-refractivity contribution is 0.424. The number of sulfonamides is 1. The summed E-state index contributed by atoms with van der Waals surface area (Å²) in [6.07, 6.45) is 0.635. The van der Waals surface area contributed by atoms with Gasteiger partial charge in [0.25, 0.3) is 0 Å². The van der Waals surface area contributed by atoms with Crippen LogP contribution in [0.5, 0.6) is 0 Å². The van der Waals surface area contributed by atoms with Crippen molar-refractivity contribution < 1.29 is 8.42 Å². The first kappa shape index (κ1) is 15.2. The number of nitriles is 2. The van der Waals surface area contributed by atoms with Crippen LogP contribution in [0.2, 0.25) is 0 Å². The molecule has 0 saturated heterocycles. The molecule has 0 amide bonds. The van der Waals surface area contributed by atoms with Gasteiger partial charge in [0.2, 0.25) is 10.0 Å². The summed E-state index contributed by atoms with van der Waals surface area (Å²) in [5.74, 6) is 0.247. The molecule has 0 bridgehead atoms. The van der Waals surface area contributed by atoms with E-state index in [1.807, 2.05) is 12.1 Å². The Balaban J connectivity index is 4.48. The van der Waals surface area contributed by atoms with E-state index in [9.17, 15) is 8.42 Å². The number of alkyl halides is 1. The van der Waals surface area contributed by atoms with Crippen LogP contribution in [0.4, 0.5) is 0 Å². The Morgan fingerprint density at radius 1 is 1.12 bits per heavy atom. The lowest BCUT2D eigenvalue weighted by atomic mass is 10.4. The highest BCUT2D eigenvalue weighted by Gasteiger charge is 2.20. The topological polar surface area (TPSA) is 85.0 Å². The van der Waals surface area contributed by atoms with Crippen LogP contribution in [-0.4, -0.2) is 37.4 Å². The Labute approximate surface area is 101 Å². The van der Waals surface area contributed by atoms with Crippen LogP contribution in [0.3, 0.4) is 0 Å². The van der Waals surface area contributed by atoms with Crippen molar-refractivity contribution in [3.05, 3.63) is 0 Å². The normalized spacial score (nSPS) is 11.0. The van der Waals surface area contributed by atoms with Gasteiger partial charge in [-0.15, -0.1) is 11.6 Å². The predicted molar refractivity (Wildman–Crippen MR) is 61.2 cm³/mol. The third-order valence-electron chi connectivity index (χ3n) is 1.88. The molecular weight excluding hydrogens is 250 g/mol. The molecule has 0 heterocycles. The van der Waals surface area contributed by atoms with Crippen molar-refractivity contribution in [1.29, 1.82) is 10.5 Å². The molecule has 0 atom stereocenters. The second kappa shape index (κ2) is 8.35. The summed E-state index contributed by atoms with van der Waals surface area (Å²) >= 11 is 5.43. The van der Waals surface area contributed by atoms with Crippen LogP contribution < -0.4 is 0 Å². The Morgan fingerprint density at radius 3 is 2.00 bits per heavy atom. The predicted octanol–water partition coefficient (Wildman–Crippen LogP) is 1.07. The van der Waals surface area contributed by atoms with E-state index in [0.29, 0.717) is 6.42 Å². The average molecular weight is 264 g/mol. The van der Waals surface area contributed by atoms with E-state index in [-0.39, 0.29) is 37.6 Å². The first-order valence-corrected chi connectivity index (χ1v) is 7.00. The fourth-order valence-corrected chi connectivity index (χ4v) is 2.90. The van der Waals surface area contributed by atoms with Gasteiger partial charge in [0, 0.05) is 31.8 Å². The fraction of sp³-hybridized carbons (Fsp3) is 0.778. The van der Waals surface area contributed by atoms with Crippen molar-refractivity contribution in [2.24, 2.45) is 0 Å². The summed E-state index contributed by atoms with van der Waals surface area (Å²) in [4.78, 5) is 0. The highest BCUT2D eigenvalue weighted by molar-refractivity contribution is 7.89. The van der Waals surface area contributed by atoms with Crippen LogP contribution in [-0.2, 0) is 10.0 Å². The van der Waals surface area contributed by atoms with Crippen molar-refractivity contribution in [3.8, 4) is 12.1 Å². The maximum atomic E-state index is 11.7. The standard InChI is InChI=1S/C9H14ClN3O2S/c10-4-1-9-16(14,15)13(7-2-5-11)8-3-6-12/h1-4,7-9H2. The number of rotatable bonds is 8. The summed E-state index contributed by atoms with van der Waals surface area (Å²) in [6, 6.07) is 3.78. The summed E-state index contributed by atoms with van der Waals surface area (Å²) in [5, 5.41) is 16.8. The summed E-state index contributed by atoms with van der Waals surface area (Å²) in [7, 11) is -3.38. The molecule has 0 aliphatic heterocycles. The van der Waals surface area contributed by atoms with Gasteiger partial charge in [0.15, 0.2) is 0 Å². The number of halogens is 1. The van der Waals surface area contributed by atoms with Gasteiger partial charge in [-0.05, 0) is 6.42 Å². The monoisotopic (exact) mass is 263 g/mol. The van der Waals surface area contributed by atoms with Crippen molar-refractivity contribution in [2.75, 3.05) is 24.7 Å². The Kier molecular flexibility index (Phi) is 7.92. The zero-order chi connectivity index (χ0) is 12.4. The summed E-state index contributed by atoms with van der Waals surface area (Å²) in [5.41, 5.74) is 0. The quantitative estimate of drug-likeness (QED) is 0.613. The molecule has 7 heteroatoms. The van der Waals surface area contributed by atoms with Gasteiger partial charge in [-0.2, -0.15) is 14.8 Å². The third-order valence-corrected chi connectivity index (χ3v) is 4.10. The molecule has 0 aliphatic carbocycles. The van der Waals surface area contributed by atoms with E-state index in [2.05, 4.69) is 0 Å². The SMILES string of the molecule is N#CCCN(CCC#N)S(=O)(=O)CCCCl. The molecular formula is C9H14ClN3O2S. The van der Waals surface area contributed by atoms with E-state index in [1.165, 1.54) is 4.31 Å². The van der Waals surface area contributed by atoms with Gasteiger partial charge in [-0.25, -0.2) is 8.42 Å². The van der Waals surface area contributed by atoms with Crippen LogP contribution >= 0.6 is 11.6 Å². The van der Waals surface area contributed by atoms with Crippen molar-refractivity contribution >= 4 is 21.6 Å². The maximum Gasteiger partial charge on any atom is 0.214 e.